The average molecular weight is 409 g/mol. The van der Waals surface area contributed by atoms with Crippen LogP contribution in [0.5, 0.6) is 0 Å². The van der Waals surface area contributed by atoms with E-state index in [9.17, 15) is 4.39 Å². The molecular formula is C25H26ClFN2. The summed E-state index contributed by atoms with van der Waals surface area (Å²) in [5.41, 5.74) is 5.67. The van der Waals surface area contributed by atoms with Gasteiger partial charge in [-0.3, -0.25) is 9.80 Å². The molecule has 1 aliphatic rings. The van der Waals surface area contributed by atoms with Gasteiger partial charge in [0.1, 0.15) is 5.82 Å². The zero-order valence-corrected chi connectivity index (χ0v) is 17.7. The summed E-state index contributed by atoms with van der Waals surface area (Å²) >= 11 is 6.33. The highest BCUT2D eigenvalue weighted by Gasteiger charge is 2.34. The van der Waals surface area contributed by atoms with Crippen LogP contribution in [0.25, 0.3) is 0 Å². The van der Waals surface area contributed by atoms with Gasteiger partial charge in [0.15, 0.2) is 0 Å². The molecule has 0 spiro atoms. The number of aryl methyl sites for hydroxylation is 2. The van der Waals surface area contributed by atoms with Gasteiger partial charge in [0.05, 0.1) is 6.17 Å². The van der Waals surface area contributed by atoms with Gasteiger partial charge in [-0.2, -0.15) is 0 Å². The topological polar surface area (TPSA) is 6.48 Å². The van der Waals surface area contributed by atoms with Crippen LogP contribution in [0.3, 0.4) is 0 Å². The van der Waals surface area contributed by atoms with E-state index in [0.29, 0.717) is 17.1 Å². The van der Waals surface area contributed by atoms with E-state index in [-0.39, 0.29) is 12.0 Å². The number of hydrogen-bond donors (Lipinski definition) is 0. The van der Waals surface area contributed by atoms with Crippen LogP contribution in [0.15, 0.2) is 66.7 Å². The molecule has 0 unspecified atom stereocenters. The Kier molecular flexibility index (Phi) is 6.00. The molecule has 1 atom stereocenters. The Balaban J connectivity index is 1.67. The molecule has 0 aromatic heterocycles. The van der Waals surface area contributed by atoms with Crippen molar-refractivity contribution in [2.75, 3.05) is 13.1 Å². The van der Waals surface area contributed by atoms with Gasteiger partial charge >= 0.3 is 0 Å². The first-order valence-corrected chi connectivity index (χ1v) is 10.4. The van der Waals surface area contributed by atoms with Crippen LogP contribution in [0, 0.1) is 19.7 Å². The highest BCUT2D eigenvalue weighted by Crippen LogP contribution is 2.35. The largest absolute Gasteiger partial charge is 0.278 e. The standard InChI is InChI=1S/C25H26ClFN2/c1-18-7-5-10-20(15-18)25-28(16-21-9-4-3-8-19(21)2)13-14-29(25)17-22-23(26)11-6-12-24(22)27/h3-12,15,25H,13-14,16-17H2,1-2H3/t25-/m1/s1. The van der Waals surface area contributed by atoms with Crippen molar-refractivity contribution >= 4 is 11.6 Å². The summed E-state index contributed by atoms with van der Waals surface area (Å²) in [5.74, 6) is -0.238. The Bertz CT molecular complexity index is 983. The van der Waals surface area contributed by atoms with Crippen LogP contribution in [-0.4, -0.2) is 22.9 Å². The third-order valence-corrected chi connectivity index (χ3v) is 6.12. The van der Waals surface area contributed by atoms with Gasteiger partial charge in [-0.15, -0.1) is 0 Å². The van der Waals surface area contributed by atoms with Gasteiger partial charge in [-0.05, 0) is 42.7 Å². The van der Waals surface area contributed by atoms with Crippen molar-refractivity contribution in [2.24, 2.45) is 0 Å². The van der Waals surface area contributed by atoms with Gasteiger partial charge in [0, 0.05) is 36.8 Å². The number of hydrogen-bond acceptors (Lipinski definition) is 2. The first-order valence-electron chi connectivity index (χ1n) is 10.0. The molecule has 0 N–H and O–H groups in total. The van der Waals surface area contributed by atoms with Gasteiger partial charge < -0.3 is 0 Å². The molecule has 0 aliphatic carbocycles. The fourth-order valence-corrected chi connectivity index (χ4v) is 4.43. The lowest BCUT2D eigenvalue weighted by molar-refractivity contribution is 0.124. The Morgan fingerprint density at radius 2 is 1.62 bits per heavy atom. The van der Waals surface area contributed by atoms with Gasteiger partial charge in [0.2, 0.25) is 0 Å². The highest BCUT2D eigenvalue weighted by molar-refractivity contribution is 6.31. The zero-order chi connectivity index (χ0) is 20.4. The molecule has 2 nitrogen and oxygen atoms in total. The SMILES string of the molecule is Cc1cccc([C@@H]2N(Cc3ccccc3C)CCN2Cc2c(F)cccc2Cl)c1. The van der Waals surface area contributed by atoms with E-state index in [2.05, 4.69) is 72.2 Å². The molecule has 4 heteroatoms. The molecule has 0 saturated carbocycles. The summed E-state index contributed by atoms with van der Waals surface area (Å²) in [5, 5.41) is 0.491. The van der Waals surface area contributed by atoms with E-state index in [1.165, 1.54) is 28.3 Å². The second kappa shape index (κ2) is 8.66. The molecule has 3 aromatic rings. The second-order valence-electron chi connectivity index (χ2n) is 7.86. The zero-order valence-electron chi connectivity index (χ0n) is 16.9. The van der Waals surface area contributed by atoms with E-state index in [1.807, 2.05) is 0 Å². The molecule has 3 aromatic carbocycles. The van der Waals surface area contributed by atoms with Crippen molar-refractivity contribution in [1.29, 1.82) is 0 Å². The van der Waals surface area contributed by atoms with E-state index in [4.69, 9.17) is 11.6 Å². The van der Waals surface area contributed by atoms with Crippen LogP contribution >= 0.6 is 11.6 Å². The van der Waals surface area contributed by atoms with Crippen LogP contribution in [-0.2, 0) is 13.1 Å². The van der Waals surface area contributed by atoms with E-state index >= 15 is 0 Å². The van der Waals surface area contributed by atoms with E-state index < -0.39 is 0 Å². The van der Waals surface area contributed by atoms with Crippen molar-refractivity contribution in [3.05, 3.63) is 105 Å². The third kappa shape index (κ3) is 4.37. The number of nitrogens with zero attached hydrogens (tertiary/aromatic N) is 2. The van der Waals surface area contributed by atoms with E-state index in [1.54, 1.807) is 12.1 Å². The third-order valence-electron chi connectivity index (χ3n) is 5.76. The Morgan fingerprint density at radius 1 is 0.897 bits per heavy atom. The maximum atomic E-state index is 14.5. The lowest BCUT2D eigenvalue weighted by Gasteiger charge is -2.31. The van der Waals surface area contributed by atoms with Gasteiger partial charge in [-0.25, -0.2) is 4.39 Å². The van der Waals surface area contributed by atoms with E-state index in [0.717, 1.165) is 19.6 Å². The molecule has 0 bridgehead atoms. The molecular weight excluding hydrogens is 383 g/mol. The van der Waals surface area contributed by atoms with Crippen molar-refractivity contribution in [3.63, 3.8) is 0 Å². The van der Waals surface area contributed by atoms with Crippen LogP contribution in [0.1, 0.15) is 34.0 Å². The summed E-state index contributed by atoms with van der Waals surface area (Å²) in [6, 6.07) is 22.1. The smallest absolute Gasteiger partial charge is 0.129 e. The number of rotatable bonds is 5. The van der Waals surface area contributed by atoms with Crippen LogP contribution in [0.4, 0.5) is 4.39 Å². The van der Waals surface area contributed by atoms with Crippen molar-refractivity contribution < 1.29 is 4.39 Å². The minimum Gasteiger partial charge on any atom is -0.278 e. The predicted molar refractivity (Wildman–Crippen MR) is 117 cm³/mol. The summed E-state index contributed by atoms with van der Waals surface area (Å²) < 4.78 is 14.5. The monoisotopic (exact) mass is 408 g/mol. The summed E-state index contributed by atoms with van der Waals surface area (Å²) in [6.07, 6.45) is 0.0881. The Hall–Kier alpha value is -2.20. The Labute approximate surface area is 177 Å². The molecule has 0 radical (unpaired) electrons. The van der Waals surface area contributed by atoms with Crippen LogP contribution < -0.4 is 0 Å². The lowest BCUT2D eigenvalue weighted by atomic mass is 10.1. The first-order chi connectivity index (χ1) is 14.0. The minimum absolute atomic E-state index is 0.0881. The predicted octanol–water partition coefficient (Wildman–Crippen LogP) is 6.11. The highest BCUT2D eigenvalue weighted by atomic mass is 35.5. The quantitative estimate of drug-likeness (QED) is 0.502. The van der Waals surface area contributed by atoms with Gasteiger partial charge in [-0.1, -0.05) is 71.8 Å². The minimum atomic E-state index is -0.238. The molecule has 1 saturated heterocycles. The maximum absolute atomic E-state index is 14.5. The molecule has 150 valence electrons. The molecule has 1 heterocycles. The summed E-state index contributed by atoms with van der Waals surface area (Å²) in [4.78, 5) is 4.81. The molecule has 4 rings (SSSR count). The normalized spacial score (nSPS) is 17.7. The number of halogens is 2. The van der Waals surface area contributed by atoms with Gasteiger partial charge in [0.25, 0.3) is 0 Å². The summed E-state index contributed by atoms with van der Waals surface area (Å²) in [7, 11) is 0. The average Bonchev–Trinajstić information content (AvgIpc) is 3.09. The Morgan fingerprint density at radius 3 is 2.34 bits per heavy atom. The lowest BCUT2D eigenvalue weighted by Crippen LogP contribution is -2.31. The molecule has 0 amide bonds. The van der Waals surface area contributed by atoms with Crippen molar-refractivity contribution in [2.45, 2.75) is 33.1 Å². The second-order valence-corrected chi connectivity index (χ2v) is 8.26. The molecule has 1 aliphatic heterocycles. The van der Waals surface area contributed by atoms with Crippen molar-refractivity contribution in [3.8, 4) is 0 Å². The van der Waals surface area contributed by atoms with Crippen molar-refractivity contribution in [1.82, 2.24) is 9.80 Å². The fourth-order valence-electron chi connectivity index (χ4n) is 4.21. The molecule has 29 heavy (non-hydrogen) atoms. The maximum Gasteiger partial charge on any atom is 0.129 e. The molecule has 1 fully saturated rings. The fraction of sp³-hybridized carbons (Fsp3) is 0.280. The number of benzene rings is 3. The first kappa shape index (κ1) is 20.1. The summed E-state index contributed by atoms with van der Waals surface area (Å²) in [6.45, 7) is 7.43. The van der Waals surface area contributed by atoms with Crippen LogP contribution in [0.2, 0.25) is 5.02 Å².